The SMILES string of the molecule is C.Cc1cc(Cl)c(Cl)c(-c2nnc(C)nc2NCc2ccccc2)c1.Cc1cc(Cl)c(Cl)c(-c2nnc(N)nc2N)c1. The van der Waals surface area contributed by atoms with E-state index in [1.165, 1.54) is 0 Å². The first-order valence-electron chi connectivity index (χ1n) is 12.2. The summed E-state index contributed by atoms with van der Waals surface area (Å²) in [4.78, 5) is 8.31. The van der Waals surface area contributed by atoms with Gasteiger partial charge >= 0.3 is 0 Å². The minimum Gasteiger partial charge on any atom is -0.382 e. The number of aromatic nitrogens is 6. The maximum Gasteiger partial charge on any atom is 0.242 e. The number of halogens is 4. The number of rotatable bonds is 5. The first-order chi connectivity index (χ1) is 19.5. The average molecular weight is 645 g/mol. The van der Waals surface area contributed by atoms with Gasteiger partial charge in [0.15, 0.2) is 11.6 Å². The first-order valence-corrected chi connectivity index (χ1v) is 13.7. The maximum absolute atomic E-state index is 6.37. The first kappa shape index (κ1) is 32.8. The molecule has 0 atom stereocenters. The second-order valence-corrected chi connectivity index (χ2v) is 10.6. The van der Waals surface area contributed by atoms with Crippen molar-refractivity contribution in [3.63, 3.8) is 0 Å². The van der Waals surface area contributed by atoms with Gasteiger partial charge in [0.05, 0.1) is 20.1 Å². The molecule has 3 aromatic carbocycles. The predicted octanol–water partition coefficient (Wildman–Crippen LogP) is 8.03. The van der Waals surface area contributed by atoms with Gasteiger partial charge < -0.3 is 16.8 Å². The predicted molar refractivity (Wildman–Crippen MR) is 174 cm³/mol. The second kappa shape index (κ2) is 14.4. The van der Waals surface area contributed by atoms with Crippen molar-refractivity contribution in [3.05, 3.63) is 97.2 Å². The Morgan fingerprint density at radius 1 is 0.690 bits per heavy atom. The van der Waals surface area contributed by atoms with Crippen molar-refractivity contribution >= 4 is 64.0 Å². The summed E-state index contributed by atoms with van der Waals surface area (Å²) in [6.07, 6.45) is 0. The zero-order valence-corrected chi connectivity index (χ0v) is 25.3. The highest BCUT2D eigenvalue weighted by Gasteiger charge is 2.17. The molecule has 5 N–H and O–H groups in total. The summed E-state index contributed by atoms with van der Waals surface area (Å²) in [5.74, 6) is 1.40. The Labute approximate surface area is 264 Å². The molecule has 0 radical (unpaired) electrons. The quantitative estimate of drug-likeness (QED) is 0.173. The van der Waals surface area contributed by atoms with Crippen LogP contribution in [0, 0.1) is 20.8 Å². The largest absolute Gasteiger partial charge is 0.382 e. The topological polar surface area (TPSA) is 141 Å². The molecule has 2 heterocycles. The minimum atomic E-state index is 0. The Hall–Kier alpha value is -3.76. The van der Waals surface area contributed by atoms with Crippen molar-refractivity contribution in [2.75, 3.05) is 16.8 Å². The molecule has 0 bridgehead atoms. The van der Waals surface area contributed by atoms with E-state index >= 15 is 0 Å². The van der Waals surface area contributed by atoms with E-state index < -0.39 is 0 Å². The zero-order chi connectivity index (χ0) is 29.7. The van der Waals surface area contributed by atoms with E-state index in [9.17, 15) is 0 Å². The van der Waals surface area contributed by atoms with E-state index in [-0.39, 0.29) is 19.2 Å². The van der Waals surface area contributed by atoms with E-state index in [1.54, 1.807) is 13.0 Å². The molecule has 9 nitrogen and oxygen atoms in total. The highest BCUT2D eigenvalue weighted by Crippen LogP contribution is 2.37. The number of nitrogens with one attached hydrogen (secondary N) is 1. The summed E-state index contributed by atoms with van der Waals surface area (Å²) >= 11 is 24.7. The summed E-state index contributed by atoms with van der Waals surface area (Å²) < 4.78 is 0. The van der Waals surface area contributed by atoms with E-state index in [0.29, 0.717) is 55.2 Å². The van der Waals surface area contributed by atoms with Crippen molar-refractivity contribution in [1.29, 1.82) is 0 Å². The van der Waals surface area contributed by atoms with Crippen LogP contribution in [0.15, 0.2) is 54.6 Å². The summed E-state index contributed by atoms with van der Waals surface area (Å²) in [7, 11) is 0. The van der Waals surface area contributed by atoms with Crippen molar-refractivity contribution < 1.29 is 0 Å². The normalized spacial score (nSPS) is 10.4. The number of anilines is 3. The van der Waals surface area contributed by atoms with Gasteiger partial charge in [-0.2, -0.15) is 4.98 Å². The molecular weight excluding hydrogens is 616 g/mol. The molecule has 42 heavy (non-hydrogen) atoms. The molecule has 13 heteroatoms. The number of benzene rings is 3. The van der Waals surface area contributed by atoms with Gasteiger partial charge in [-0.05, 0) is 61.7 Å². The number of nitrogens with zero attached hydrogens (tertiary/aromatic N) is 6. The van der Waals surface area contributed by atoms with Crippen molar-refractivity contribution in [2.24, 2.45) is 0 Å². The summed E-state index contributed by atoms with van der Waals surface area (Å²) in [6.45, 7) is 6.27. The van der Waals surface area contributed by atoms with Crippen LogP contribution >= 0.6 is 46.4 Å². The van der Waals surface area contributed by atoms with Crippen LogP contribution in [0.25, 0.3) is 22.5 Å². The highest BCUT2D eigenvalue weighted by molar-refractivity contribution is 6.44. The molecule has 2 aromatic heterocycles. The fourth-order valence-corrected chi connectivity index (χ4v) is 4.78. The second-order valence-electron chi connectivity index (χ2n) is 9.02. The lowest BCUT2D eigenvalue weighted by Gasteiger charge is -2.13. The van der Waals surface area contributed by atoms with E-state index in [2.05, 4.69) is 35.7 Å². The van der Waals surface area contributed by atoms with Gasteiger partial charge in [0.25, 0.3) is 0 Å². The van der Waals surface area contributed by atoms with E-state index in [1.807, 2.05) is 62.4 Å². The van der Waals surface area contributed by atoms with Crippen LogP contribution in [-0.2, 0) is 6.54 Å². The van der Waals surface area contributed by atoms with Crippen LogP contribution < -0.4 is 16.8 Å². The van der Waals surface area contributed by atoms with Crippen molar-refractivity contribution in [1.82, 2.24) is 30.4 Å². The van der Waals surface area contributed by atoms with Gasteiger partial charge in [0.1, 0.15) is 17.2 Å². The molecule has 0 aliphatic carbocycles. The van der Waals surface area contributed by atoms with E-state index in [0.717, 1.165) is 22.3 Å². The molecule has 0 spiro atoms. The Bertz CT molecular complexity index is 1700. The zero-order valence-electron chi connectivity index (χ0n) is 22.3. The lowest BCUT2D eigenvalue weighted by Crippen LogP contribution is -2.07. The third kappa shape index (κ3) is 7.95. The van der Waals surface area contributed by atoms with Crippen LogP contribution in [0.1, 0.15) is 29.9 Å². The molecule has 0 unspecified atom stereocenters. The Kier molecular flexibility index (Phi) is 11.2. The molecule has 5 aromatic rings. The van der Waals surface area contributed by atoms with Gasteiger partial charge in [0.2, 0.25) is 5.95 Å². The van der Waals surface area contributed by atoms with Crippen molar-refractivity contribution in [2.45, 2.75) is 34.7 Å². The van der Waals surface area contributed by atoms with Gasteiger partial charge in [-0.15, -0.1) is 20.4 Å². The van der Waals surface area contributed by atoms with Crippen LogP contribution in [0.4, 0.5) is 17.6 Å². The molecule has 0 saturated heterocycles. The molecule has 0 amide bonds. The van der Waals surface area contributed by atoms with Crippen LogP contribution in [-0.4, -0.2) is 30.4 Å². The molecule has 0 aliphatic heterocycles. The fourth-order valence-electron chi connectivity index (χ4n) is 3.83. The third-order valence-electron chi connectivity index (χ3n) is 5.68. The monoisotopic (exact) mass is 643 g/mol. The molecule has 218 valence electrons. The smallest absolute Gasteiger partial charge is 0.242 e. The molecule has 5 rings (SSSR count). The van der Waals surface area contributed by atoms with Crippen LogP contribution in [0.3, 0.4) is 0 Å². The third-order valence-corrected chi connectivity index (χ3v) is 7.28. The number of nitrogen functional groups attached to an aromatic ring is 2. The number of nitrogens with two attached hydrogens (primary N) is 2. The molecule has 0 aliphatic rings. The van der Waals surface area contributed by atoms with Crippen LogP contribution in [0.5, 0.6) is 0 Å². The fraction of sp³-hybridized carbons (Fsp3) is 0.172. The molecular formula is C29H29Cl4N9. The summed E-state index contributed by atoms with van der Waals surface area (Å²) in [6, 6.07) is 17.4. The lowest BCUT2D eigenvalue weighted by molar-refractivity contribution is 0.907. The van der Waals surface area contributed by atoms with Gasteiger partial charge in [-0.25, -0.2) is 4.98 Å². The Balaban J connectivity index is 0.000000238. The van der Waals surface area contributed by atoms with Crippen molar-refractivity contribution in [3.8, 4) is 22.5 Å². The maximum atomic E-state index is 6.37. The summed E-state index contributed by atoms with van der Waals surface area (Å²) in [5.41, 5.74) is 16.5. The number of aryl methyl sites for hydroxylation is 3. The molecule has 0 saturated carbocycles. The van der Waals surface area contributed by atoms with Gasteiger partial charge in [-0.1, -0.05) is 84.2 Å². The number of hydrogen-bond acceptors (Lipinski definition) is 9. The Morgan fingerprint density at radius 3 is 1.81 bits per heavy atom. The lowest BCUT2D eigenvalue weighted by atomic mass is 10.1. The highest BCUT2D eigenvalue weighted by atomic mass is 35.5. The summed E-state index contributed by atoms with van der Waals surface area (Å²) in [5, 5.41) is 20.9. The average Bonchev–Trinajstić information content (AvgIpc) is 2.93. The molecule has 0 fully saturated rings. The Morgan fingerprint density at radius 2 is 1.24 bits per heavy atom. The van der Waals surface area contributed by atoms with Gasteiger partial charge in [-0.3, -0.25) is 0 Å². The standard InChI is InChI=1S/C18H16Cl2N4.C10H9Cl2N5.CH4/c1-11-8-14(16(20)15(19)9-11)17-18(22-12(2)23-24-17)21-10-13-6-4-3-5-7-13;1-4-2-5(7(12)6(11)3-4)8-9(13)15-10(14)17-16-8;/h3-9H,10H2,1-2H3,(H,21,22,23);2-3H,1H3,(H4,13,14,15,17);1H4. The van der Waals surface area contributed by atoms with E-state index in [4.69, 9.17) is 57.9 Å². The van der Waals surface area contributed by atoms with Crippen LogP contribution in [0.2, 0.25) is 20.1 Å². The minimum absolute atomic E-state index is 0. The van der Waals surface area contributed by atoms with Gasteiger partial charge in [0, 0.05) is 17.7 Å². The number of hydrogen-bond donors (Lipinski definition) is 3.